The Morgan fingerprint density at radius 1 is 0.964 bits per heavy atom. The van der Waals surface area contributed by atoms with E-state index < -0.39 is 0 Å². The van der Waals surface area contributed by atoms with E-state index in [0.29, 0.717) is 10.9 Å². The Kier molecular flexibility index (Phi) is 12.7. The summed E-state index contributed by atoms with van der Waals surface area (Å²) in [5.41, 5.74) is 8.37. The summed E-state index contributed by atoms with van der Waals surface area (Å²) < 4.78 is 0. The molecule has 3 aromatic rings. The summed E-state index contributed by atoms with van der Waals surface area (Å²) in [5, 5.41) is 3.03. The SMILES string of the molecule is ClCc1csc(-c2ccccc2)n1.NC(=S)c1ccccc1.O=C(CCl)CCl. The summed E-state index contributed by atoms with van der Waals surface area (Å²) in [6.07, 6.45) is 0. The van der Waals surface area contributed by atoms with Crippen LogP contribution in [-0.2, 0) is 10.7 Å². The van der Waals surface area contributed by atoms with Crippen LogP contribution in [0.1, 0.15) is 11.3 Å². The largest absolute Gasteiger partial charge is 0.389 e. The van der Waals surface area contributed by atoms with Crippen molar-refractivity contribution in [3.63, 3.8) is 0 Å². The molecule has 0 amide bonds. The minimum absolute atomic E-state index is 0.0312. The highest BCUT2D eigenvalue weighted by Gasteiger charge is 2.02. The molecule has 0 saturated carbocycles. The van der Waals surface area contributed by atoms with Gasteiger partial charge in [-0.2, -0.15) is 0 Å². The molecule has 0 atom stereocenters. The predicted octanol–water partition coefficient (Wildman–Crippen LogP) is 5.90. The number of benzene rings is 2. The predicted molar refractivity (Wildman–Crippen MR) is 126 cm³/mol. The summed E-state index contributed by atoms with van der Waals surface area (Å²) in [7, 11) is 0. The van der Waals surface area contributed by atoms with Crippen molar-refractivity contribution in [2.24, 2.45) is 5.73 Å². The van der Waals surface area contributed by atoms with E-state index in [1.165, 1.54) is 0 Å². The molecule has 0 aliphatic heterocycles. The van der Waals surface area contributed by atoms with Crippen molar-refractivity contribution < 1.29 is 4.79 Å². The molecule has 28 heavy (non-hydrogen) atoms. The summed E-state index contributed by atoms with van der Waals surface area (Å²) in [6, 6.07) is 19.7. The maximum Gasteiger partial charge on any atom is 0.162 e. The van der Waals surface area contributed by atoms with Gasteiger partial charge in [0.2, 0.25) is 0 Å². The van der Waals surface area contributed by atoms with Crippen LogP contribution in [0.5, 0.6) is 0 Å². The van der Waals surface area contributed by atoms with Crippen molar-refractivity contribution >= 4 is 69.1 Å². The monoisotopic (exact) mass is 472 g/mol. The Labute approximate surface area is 189 Å². The smallest absolute Gasteiger partial charge is 0.162 e. The number of Topliss-reactive ketones (excluding diaryl/α,β-unsaturated/α-hetero) is 1. The average molecular weight is 474 g/mol. The zero-order valence-electron chi connectivity index (χ0n) is 14.9. The molecule has 0 unspecified atom stereocenters. The molecule has 8 heteroatoms. The molecule has 2 aromatic carbocycles. The third kappa shape index (κ3) is 9.62. The molecule has 3 nitrogen and oxygen atoms in total. The number of nitrogens with zero attached hydrogens (tertiary/aromatic N) is 1. The van der Waals surface area contributed by atoms with E-state index in [0.717, 1.165) is 21.8 Å². The summed E-state index contributed by atoms with van der Waals surface area (Å²) in [6.45, 7) is 0. The van der Waals surface area contributed by atoms with Gasteiger partial charge < -0.3 is 5.73 Å². The molecular weight excluding hydrogens is 455 g/mol. The molecule has 1 aromatic heterocycles. The Morgan fingerprint density at radius 3 is 1.86 bits per heavy atom. The fraction of sp³-hybridized carbons (Fsp3) is 0.150. The van der Waals surface area contributed by atoms with Crippen molar-refractivity contribution in [2.75, 3.05) is 11.8 Å². The van der Waals surface area contributed by atoms with Gasteiger partial charge in [0.15, 0.2) is 5.78 Å². The quantitative estimate of drug-likeness (QED) is 0.370. The van der Waals surface area contributed by atoms with Crippen molar-refractivity contribution in [1.82, 2.24) is 4.98 Å². The number of carbonyl (C=O) groups is 1. The highest BCUT2D eigenvalue weighted by Crippen LogP contribution is 2.23. The normalized spacial score (nSPS) is 9.39. The van der Waals surface area contributed by atoms with Crippen LogP contribution in [-0.4, -0.2) is 27.5 Å². The summed E-state index contributed by atoms with van der Waals surface area (Å²) >= 11 is 22.1. The van der Waals surface area contributed by atoms with Crippen LogP contribution in [0.15, 0.2) is 66.0 Å². The second-order valence-corrected chi connectivity index (χ2v) is 7.28. The average Bonchev–Trinajstić information content (AvgIpc) is 3.25. The molecule has 0 aliphatic rings. The van der Waals surface area contributed by atoms with Crippen LogP contribution in [0.25, 0.3) is 10.6 Å². The van der Waals surface area contributed by atoms with E-state index in [-0.39, 0.29) is 17.5 Å². The molecule has 1 heterocycles. The van der Waals surface area contributed by atoms with Crippen LogP contribution in [0, 0.1) is 0 Å². The molecule has 3 rings (SSSR count). The van der Waals surface area contributed by atoms with Crippen LogP contribution < -0.4 is 5.73 Å². The number of alkyl halides is 3. The molecule has 0 spiro atoms. The van der Waals surface area contributed by atoms with E-state index in [1.54, 1.807) is 11.3 Å². The van der Waals surface area contributed by atoms with Crippen molar-refractivity contribution in [2.45, 2.75) is 5.88 Å². The topological polar surface area (TPSA) is 56.0 Å². The third-order valence-corrected chi connectivity index (χ3v) is 5.11. The van der Waals surface area contributed by atoms with Crippen LogP contribution in [0.2, 0.25) is 0 Å². The van der Waals surface area contributed by atoms with Gasteiger partial charge in [-0.15, -0.1) is 46.1 Å². The van der Waals surface area contributed by atoms with Gasteiger partial charge in [-0.1, -0.05) is 72.9 Å². The Balaban J connectivity index is 0.000000229. The fourth-order valence-electron chi connectivity index (χ4n) is 1.72. The lowest BCUT2D eigenvalue weighted by molar-refractivity contribution is -0.114. The van der Waals surface area contributed by atoms with Crippen molar-refractivity contribution in [1.29, 1.82) is 0 Å². The highest BCUT2D eigenvalue weighted by atomic mass is 35.5. The van der Waals surface area contributed by atoms with Crippen LogP contribution in [0.3, 0.4) is 0 Å². The van der Waals surface area contributed by atoms with Gasteiger partial charge in [-0.3, -0.25) is 4.79 Å². The second kappa shape index (κ2) is 14.5. The number of thiocarbonyl (C=S) groups is 1. The number of nitrogens with two attached hydrogens (primary N) is 1. The fourth-order valence-corrected chi connectivity index (χ4v) is 3.20. The molecule has 0 bridgehead atoms. The molecule has 0 saturated heterocycles. The molecule has 0 aliphatic carbocycles. The van der Waals surface area contributed by atoms with E-state index in [1.807, 2.05) is 53.9 Å². The first kappa shape index (κ1) is 24.5. The minimum atomic E-state index is -0.127. The number of halogens is 3. The maximum absolute atomic E-state index is 9.92. The van der Waals surface area contributed by atoms with E-state index in [4.69, 9.17) is 52.8 Å². The highest BCUT2D eigenvalue weighted by molar-refractivity contribution is 7.80. The Morgan fingerprint density at radius 2 is 1.50 bits per heavy atom. The lowest BCUT2D eigenvalue weighted by atomic mass is 10.2. The maximum atomic E-state index is 9.92. The standard InChI is InChI=1S/C10H8ClNS.C7H7NS.C3H4Cl2O/c11-6-9-7-13-10(12-9)8-4-2-1-3-5-8;8-7(9)6-4-2-1-3-5-6;4-1-3(6)2-5/h1-5,7H,6H2;1-5H,(H2,8,9);1-2H2. The number of thiazole rings is 1. The van der Waals surface area contributed by atoms with Gasteiger partial charge >= 0.3 is 0 Å². The first-order chi connectivity index (χ1) is 13.5. The molecule has 0 fully saturated rings. The van der Waals surface area contributed by atoms with Gasteiger partial charge in [0.05, 0.1) is 23.3 Å². The van der Waals surface area contributed by atoms with Crippen molar-refractivity contribution in [3.8, 4) is 10.6 Å². The number of ketones is 1. The lowest BCUT2D eigenvalue weighted by Gasteiger charge is -1.92. The van der Waals surface area contributed by atoms with Gasteiger partial charge in [-0.05, 0) is 0 Å². The van der Waals surface area contributed by atoms with Crippen LogP contribution in [0.4, 0.5) is 0 Å². The minimum Gasteiger partial charge on any atom is -0.389 e. The van der Waals surface area contributed by atoms with Gasteiger partial charge in [0.1, 0.15) is 10.00 Å². The molecular formula is C20H19Cl3N2OS2. The summed E-state index contributed by atoms with van der Waals surface area (Å²) in [5.74, 6) is 0.425. The molecule has 148 valence electrons. The Bertz CT molecular complexity index is 837. The number of carbonyl (C=O) groups excluding carboxylic acids is 1. The van der Waals surface area contributed by atoms with Gasteiger partial charge in [0, 0.05) is 16.5 Å². The lowest BCUT2D eigenvalue weighted by Crippen LogP contribution is -2.08. The number of rotatable bonds is 5. The summed E-state index contributed by atoms with van der Waals surface area (Å²) in [4.78, 5) is 14.8. The van der Waals surface area contributed by atoms with Gasteiger partial charge in [0.25, 0.3) is 0 Å². The van der Waals surface area contributed by atoms with Gasteiger partial charge in [-0.25, -0.2) is 4.98 Å². The van der Waals surface area contributed by atoms with E-state index >= 15 is 0 Å². The Hall–Kier alpha value is -1.50. The third-order valence-electron chi connectivity index (χ3n) is 3.07. The van der Waals surface area contributed by atoms with Crippen molar-refractivity contribution in [3.05, 3.63) is 77.3 Å². The molecule has 0 radical (unpaired) electrons. The first-order valence-electron chi connectivity index (χ1n) is 8.06. The first-order valence-corrected chi connectivity index (χ1v) is 10.9. The second-order valence-electron chi connectivity index (χ2n) is 5.18. The van der Waals surface area contributed by atoms with E-state index in [2.05, 4.69) is 17.1 Å². The number of hydrogen-bond donors (Lipinski definition) is 1. The zero-order chi connectivity index (χ0) is 20.8. The van der Waals surface area contributed by atoms with E-state index in [9.17, 15) is 4.79 Å². The molecule has 2 N–H and O–H groups in total. The number of aromatic nitrogens is 1. The van der Waals surface area contributed by atoms with Crippen LogP contribution >= 0.6 is 58.4 Å². The zero-order valence-corrected chi connectivity index (χ0v) is 18.8. The number of hydrogen-bond acceptors (Lipinski definition) is 4.